The van der Waals surface area contributed by atoms with Crippen molar-refractivity contribution in [1.29, 1.82) is 0 Å². The van der Waals surface area contributed by atoms with Crippen LogP contribution in [0.4, 0.5) is 23.7 Å². The number of aromatic nitrogens is 2. The molecule has 0 unspecified atom stereocenters. The summed E-state index contributed by atoms with van der Waals surface area (Å²) in [4.78, 5) is 21.0. The number of nitrogens with zero attached hydrogens (tertiary/aromatic N) is 3. The molecule has 0 radical (unpaired) electrons. The normalized spacial score (nSPS) is 21.6. The average molecular weight is 332 g/mol. The lowest BCUT2D eigenvalue weighted by atomic mass is 9.83. The average Bonchev–Trinajstić information content (AvgIpc) is 2.53. The molecule has 2 rings (SSSR count). The maximum Gasteiger partial charge on any atom is 0.393 e. The number of amides is 2. The van der Waals surface area contributed by atoms with Gasteiger partial charge in [-0.05, 0) is 12.8 Å². The molecule has 0 aliphatic heterocycles. The Hall–Kier alpha value is -2.06. The summed E-state index contributed by atoms with van der Waals surface area (Å²) in [5.74, 6) is -1.35. The van der Waals surface area contributed by atoms with Gasteiger partial charge in [0, 0.05) is 13.1 Å². The lowest BCUT2D eigenvalue weighted by molar-refractivity contribution is -0.195. The second-order valence-electron chi connectivity index (χ2n) is 5.49. The fraction of sp³-hybridized carbons (Fsp3) is 0.643. The van der Waals surface area contributed by atoms with Crippen LogP contribution in [0.5, 0.6) is 5.88 Å². The number of nitrogens with one attached hydrogen (secondary N) is 1. The fourth-order valence-corrected chi connectivity index (χ4v) is 2.88. The number of carbonyl (C=O) groups is 1. The number of ether oxygens (including phenoxy) is 1. The summed E-state index contributed by atoms with van der Waals surface area (Å²) in [6.07, 6.45) is -0.158. The molecule has 128 valence electrons. The number of alkyl halides is 3. The van der Waals surface area contributed by atoms with E-state index in [4.69, 9.17) is 4.74 Å². The van der Waals surface area contributed by atoms with Gasteiger partial charge in [-0.3, -0.25) is 0 Å². The van der Waals surface area contributed by atoms with Crippen LogP contribution >= 0.6 is 0 Å². The minimum absolute atomic E-state index is 0.0452. The summed E-state index contributed by atoms with van der Waals surface area (Å²) in [5, 5.41) is 2.50. The summed E-state index contributed by atoms with van der Waals surface area (Å²) in [6, 6.07) is -1.52. The first-order chi connectivity index (χ1) is 10.8. The molecule has 2 atom stereocenters. The fourth-order valence-electron chi connectivity index (χ4n) is 2.88. The number of hydrogen-bond acceptors (Lipinski definition) is 4. The summed E-state index contributed by atoms with van der Waals surface area (Å²) in [6.45, 7) is 0. The van der Waals surface area contributed by atoms with E-state index in [-0.39, 0.29) is 18.0 Å². The molecule has 1 aromatic heterocycles. The minimum atomic E-state index is -4.31. The maximum absolute atomic E-state index is 13.2. The highest BCUT2D eigenvalue weighted by Crippen LogP contribution is 2.39. The Morgan fingerprint density at radius 2 is 2.09 bits per heavy atom. The summed E-state index contributed by atoms with van der Waals surface area (Å²) < 4.78 is 44.5. The van der Waals surface area contributed by atoms with Gasteiger partial charge in [0.2, 0.25) is 5.88 Å². The first-order valence-electron chi connectivity index (χ1n) is 7.29. The quantitative estimate of drug-likeness (QED) is 0.924. The van der Waals surface area contributed by atoms with E-state index in [0.717, 1.165) is 4.90 Å². The molecule has 0 bridgehead atoms. The molecule has 1 heterocycles. The second-order valence-corrected chi connectivity index (χ2v) is 5.49. The molecule has 0 saturated heterocycles. The van der Waals surface area contributed by atoms with Gasteiger partial charge >= 0.3 is 12.2 Å². The van der Waals surface area contributed by atoms with E-state index in [1.807, 2.05) is 0 Å². The number of rotatable bonds is 3. The van der Waals surface area contributed by atoms with Gasteiger partial charge in [-0.1, -0.05) is 12.8 Å². The predicted octanol–water partition coefficient (Wildman–Crippen LogP) is 3.07. The van der Waals surface area contributed by atoms with Crippen molar-refractivity contribution < 1.29 is 22.7 Å². The van der Waals surface area contributed by atoms with Gasteiger partial charge < -0.3 is 15.0 Å². The van der Waals surface area contributed by atoms with E-state index in [9.17, 15) is 18.0 Å². The van der Waals surface area contributed by atoms with Crippen molar-refractivity contribution in [2.45, 2.75) is 37.9 Å². The van der Waals surface area contributed by atoms with Gasteiger partial charge in [0.15, 0.2) is 0 Å². The van der Waals surface area contributed by atoms with Crippen LogP contribution in [0.3, 0.4) is 0 Å². The molecule has 1 fully saturated rings. The number of hydrogen-bond donors (Lipinski definition) is 1. The monoisotopic (exact) mass is 332 g/mol. The van der Waals surface area contributed by atoms with Crippen LogP contribution < -0.4 is 10.1 Å². The number of halogens is 3. The molecule has 6 nitrogen and oxygen atoms in total. The summed E-state index contributed by atoms with van der Waals surface area (Å²) in [7, 11) is 2.75. The minimum Gasteiger partial charge on any atom is -0.479 e. The Labute approximate surface area is 132 Å². The zero-order chi connectivity index (χ0) is 17.0. The predicted molar refractivity (Wildman–Crippen MR) is 77.2 cm³/mol. The van der Waals surface area contributed by atoms with Gasteiger partial charge in [0.05, 0.1) is 19.2 Å². The number of methoxy groups -OCH3 is 1. The summed E-state index contributed by atoms with van der Waals surface area (Å²) >= 11 is 0. The van der Waals surface area contributed by atoms with E-state index in [1.54, 1.807) is 0 Å². The van der Waals surface area contributed by atoms with Crippen molar-refractivity contribution in [3.8, 4) is 5.88 Å². The Kier molecular flexibility index (Phi) is 5.27. The van der Waals surface area contributed by atoms with Crippen LogP contribution in [0.25, 0.3) is 0 Å². The molecule has 1 saturated carbocycles. The van der Waals surface area contributed by atoms with E-state index >= 15 is 0 Å². The Bertz CT molecular complexity index is 553. The lowest BCUT2D eigenvalue weighted by Crippen LogP contribution is -2.49. The second kappa shape index (κ2) is 7.01. The van der Waals surface area contributed by atoms with Crippen molar-refractivity contribution in [3.63, 3.8) is 0 Å². The van der Waals surface area contributed by atoms with Crippen LogP contribution in [0.1, 0.15) is 25.7 Å². The standard InChI is InChI=1S/C14H19F3N4O2/c1-21(11-6-4-3-5-9(11)14(15,16)17)13(22)20-10-7-18-8-19-12(10)23-2/h7-9,11H,3-6H2,1-2H3,(H,20,22)/t9-,11+/m1/s1. The van der Waals surface area contributed by atoms with Gasteiger partial charge in [-0.2, -0.15) is 18.2 Å². The van der Waals surface area contributed by atoms with Crippen LogP contribution in [0.15, 0.2) is 12.5 Å². The van der Waals surface area contributed by atoms with Crippen molar-refractivity contribution >= 4 is 11.7 Å². The topological polar surface area (TPSA) is 67.4 Å². The largest absolute Gasteiger partial charge is 0.479 e. The van der Waals surface area contributed by atoms with Crippen molar-refractivity contribution in [2.24, 2.45) is 5.92 Å². The number of carbonyl (C=O) groups excluding carboxylic acids is 1. The first kappa shape index (κ1) is 17.3. The zero-order valence-corrected chi connectivity index (χ0v) is 12.9. The van der Waals surface area contributed by atoms with Gasteiger partial charge in [-0.25, -0.2) is 9.78 Å². The SMILES string of the molecule is COc1ncncc1NC(=O)N(C)[C@H]1CCCC[C@H]1C(F)(F)F. The van der Waals surface area contributed by atoms with E-state index in [2.05, 4.69) is 15.3 Å². The van der Waals surface area contributed by atoms with E-state index < -0.39 is 24.2 Å². The van der Waals surface area contributed by atoms with Crippen molar-refractivity contribution in [1.82, 2.24) is 14.9 Å². The van der Waals surface area contributed by atoms with E-state index in [1.165, 1.54) is 26.7 Å². The molecule has 1 aliphatic rings. The molecule has 1 aromatic rings. The van der Waals surface area contributed by atoms with Crippen molar-refractivity contribution in [2.75, 3.05) is 19.5 Å². The Balaban J connectivity index is 2.11. The molecule has 2 amide bonds. The highest BCUT2D eigenvalue weighted by Gasteiger charge is 2.47. The number of anilines is 1. The van der Waals surface area contributed by atoms with Gasteiger partial charge in [0.25, 0.3) is 0 Å². The van der Waals surface area contributed by atoms with Crippen LogP contribution in [0.2, 0.25) is 0 Å². The molecular weight excluding hydrogens is 313 g/mol. The third-order valence-corrected chi connectivity index (χ3v) is 4.08. The van der Waals surface area contributed by atoms with Gasteiger partial charge in [0.1, 0.15) is 12.0 Å². The smallest absolute Gasteiger partial charge is 0.393 e. The third-order valence-electron chi connectivity index (χ3n) is 4.08. The molecule has 0 aromatic carbocycles. The molecule has 0 spiro atoms. The molecule has 9 heteroatoms. The Morgan fingerprint density at radius 3 is 2.74 bits per heavy atom. The van der Waals surface area contributed by atoms with Crippen molar-refractivity contribution in [3.05, 3.63) is 12.5 Å². The summed E-state index contributed by atoms with van der Waals surface area (Å²) in [5.41, 5.74) is 0.214. The van der Waals surface area contributed by atoms with Gasteiger partial charge in [-0.15, -0.1) is 0 Å². The van der Waals surface area contributed by atoms with Crippen LogP contribution in [0, 0.1) is 5.92 Å². The lowest BCUT2D eigenvalue weighted by Gasteiger charge is -2.38. The number of urea groups is 1. The maximum atomic E-state index is 13.2. The molecule has 1 aliphatic carbocycles. The molecule has 23 heavy (non-hydrogen) atoms. The highest BCUT2D eigenvalue weighted by molar-refractivity contribution is 5.90. The first-order valence-corrected chi connectivity index (χ1v) is 7.29. The molecular formula is C14H19F3N4O2. The van der Waals surface area contributed by atoms with Crippen LogP contribution in [-0.4, -0.2) is 47.3 Å². The van der Waals surface area contributed by atoms with Crippen LogP contribution in [-0.2, 0) is 0 Å². The zero-order valence-electron chi connectivity index (χ0n) is 12.9. The van der Waals surface area contributed by atoms with E-state index in [0.29, 0.717) is 19.3 Å². The Morgan fingerprint density at radius 1 is 1.39 bits per heavy atom. The highest BCUT2D eigenvalue weighted by atomic mass is 19.4. The third kappa shape index (κ3) is 4.02. The molecule has 1 N–H and O–H groups in total.